The summed E-state index contributed by atoms with van der Waals surface area (Å²) < 4.78 is 37.5. The fourth-order valence-electron chi connectivity index (χ4n) is 2.81. The number of halogens is 1. The molecule has 1 aromatic carbocycles. The van der Waals surface area contributed by atoms with Gasteiger partial charge in [-0.25, -0.2) is 18.1 Å². The molecule has 1 aromatic rings. The van der Waals surface area contributed by atoms with E-state index in [0.717, 1.165) is 18.4 Å². The molecule has 1 fully saturated rings. The SMILES string of the molecule is CCNC(=NCc1ccc(OC)cc1OC)NCCS(=O)(=O)NCC1CCC1.I. The Labute approximate surface area is 191 Å². The summed E-state index contributed by atoms with van der Waals surface area (Å²) in [6.07, 6.45) is 3.44. The quantitative estimate of drug-likeness (QED) is 0.226. The van der Waals surface area contributed by atoms with Gasteiger partial charge in [-0.2, -0.15) is 0 Å². The van der Waals surface area contributed by atoms with Gasteiger partial charge in [-0.1, -0.05) is 6.42 Å². The average molecular weight is 540 g/mol. The van der Waals surface area contributed by atoms with Crippen molar-refractivity contribution in [3.05, 3.63) is 23.8 Å². The van der Waals surface area contributed by atoms with E-state index in [2.05, 4.69) is 20.3 Å². The van der Waals surface area contributed by atoms with Gasteiger partial charge in [0.1, 0.15) is 11.5 Å². The lowest BCUT2D eigenvalue weighted by Crippen LogP contribution is -2.42. The van der Waals surface area contributed by atoms with Gasteiger partial charge in [-0.05, 0) is 37.8 Å². The second-order valence-corrected chi connectivity index (χ2v) is 8.69. The topological polar surface area (TPSA) is 101 Å². The first-order chi connectivity index (χ1) is 13.5. The number of guanidine groups is 1. The molecule has 0 unspecified atom stereocenters. The number of sulfonamides is 1. The first-order valence-corrected chi connectivity index (χ1v) is 11.3. The molecule has 0 spiro atoms. The van der Waals surface area contributed by atoms with E-state index in [1.165, 1.54) is 6.42 Å². The highest BCUT2D eigenvalue weighted by Gasteiger charge is 2.20. The third-order valence-corrected chi connectivity index (χ3v) is 6.07. The third kappa shape index (κ3) is 8.95. The number of nitrogens with one attached hydrogen (secondary N) is 3. The minimum absolute atomic E-state index is 0. The second-order valence-electron chi connectivity index (χ2n) is 6.76. The van der Waals surface area contributed by atoms with Gasteiger partial charge in [-0.3, -0.25) is 0 Å². The number of rotatable bonds is 11. The molecule has 0 heterocycles. The highest BCUT2D eigenvalue weighted by atomic mass is 127. The van der Waals surface area contributed by atoms with Crippen LogP contribution in [0.2, 0.25) is 0 Å². The molecule has 8 nitrogen and oxygen atoms in total. The van der Waals surface area contributed by atoms with Crippen LogP contribution in [-0.2, 0) is 16.6 Å². The molecule has 0 saturated heterocycles. The molecule has 0 amide bonds. The number of aliphatic imine (C=N–C) groups is 1. The van der Waals surface area contributed by atoms with Crippen molar-refractivity contribution in [2.24, 2.45) is 10.9 Å². The van der Waals surface area contributed by atoms with Crippen molar-refractivity contribution in [1.82, 2.24) is 15.4 Å². The van der Waals surface area contributed by atoms with Crippen molar-refractivity contribution in [2.75, 3.05) is 39.6 Å². The molecular formula is C19H33IN4O4S. The Hall–Kier alpha value is -1.27. The Kier molecular flexibility index (Phi) is 11.7. The number of hydrogen-bond donors (Lipinski definition) is 3. The fraction of sp³-hybridized carbons (Fsp3) is 0.632. The fourth-order valence-corrected chi connectivity index (χ4v) is 3.81. The van der Waals surface area contributed by atoms with Crippen LogP contribution in [0.15, 0.2) is 23.2 Å². The molecule has 0 radical (unpaired) electrons. The van der Waals surface area contributed by atoms with Gasteiger partial charge >= 0.3 is 0 Å². The molecule has 1 aliphatic carbocycles. The van der Waals surface area contributed by atoms with Gasteiger partial charge in [0.25, 0.3) is 0 Å². The lowest BCUT2D eigenvalue weighted by atomic mass is 9.86. The summed E-state index contributed by atoms with van der Waals surface area (Å²) in [5, 5.41) is 6.20. The minimum Gasteiger partial charge on any atom is -0.497 e. The molecule has 29 heavy (non-hydrogen) atoms. The molecule has 0 atom stereocenters. The molecule has 0 aromatic heterocycles. The summed E-state index contributed by atoms with van der Waals surface area (Å²) in [6, 6.07) is 5.57. The van der Waals surface area contributed by atoms with E-state index in [0.29, 0.717) is 43.0 Å². The number of ether oxygens (including phenoxy) is 2. The van der Waals surface area contributed by atoms with Crippen LogP contribution >= 0.6 is 24.0 Å². The van der Waals surface area contributed by atoms with E-state index >= 15 is 0 Å². The lowest BCUT2D eigenvalue weighted by Gasteiger charge is -2.25. The van der Waals surface area contributed by atoms with Crippen molar-refractivity contribution in [2.45, 2.75) is 32.7 Å². The normalized spacial score (nSPS) is 14.5. The van der Waals surface area contributed by atoms with Gasteiger partial charge in [0.15, 0.2) is 5.96 Å². The zero-order valence-electron chi connectivity index (χ0n) is 17.4. The average Bonchev–Trinajstić information content (AvgIpc) is 2.64. The van der Waals surface area contributed by atoms with E-state index < -0.39 is 10.0 Å². The van der Waals surface area contributed by atoms with Crippen LogP contribution in [0.3, 0.4) is 0 Å². The summed E-state index contributed by atoms with van der Waals surface area (Å²) >= 11 is 0. The Bertz CT molecular complexity index is 755. The summed E-state index contributed by atoms with van der Waals surface area (Å²) in [5.74, 6) is 2.49. The first kappa shape index (κ1) is 25.8. The maximum absolute atomic E-state index is 12.1. The summed E-state index contributed by atoms with van der Waals surface area (Å²) in [5.41, 5.74) is 0.912. The van der Waals surface area contributed by atoms with Gasteiger partial charge in [0.2, 0.25) is 10.0 Å². The van der Waals surface area contributed by atoms with Crippen LogP contribution in [0, 0.1) is 5.92 Å². The third-order valence-electron chi connectivity index (χ3n) is 4.73. The second kappa shape index (κ2) is 13.1. The van der Waals surface area contributed by atoms with E-state index in [4.69, 9.17) is 9.47 Å². The Morgan fingerprint density at radius 1 is 1.21 bits per heavy atom. The predicted octanol–water partition coefficient (Wildman–Crippen LogP) is 2.10. The number of benzene rings is 1. The molecule has 1 aliphatic rings. The maximum Gasteiger partial charge on any atom is 0.213 e. The molecule has 0 aliphatic heterocycles. The Morgan fingerprint density at radius 2 is 1.97 bits per heavy atom. The predicted molar refractivity (Wildman–Crippen MR) is 127 cm³/mol. The van der Waals surface area contributed by atoms with Gasteiger partial charge < -0.3 is 20.1 Å². The minimum atomic E-state index is -3.28. The van der Waals surface area contributed by atoms with Crippen LogP contribution in [0.4, 0.5) is 0 Å². The van der Waals surface area contributed by atoms with Crippen molar-refractivity contribution < 1.29 is 17.9 Å². The van der Waals surface area contributed by atoms with E-state index in [1.807, 2.05) is 25.1 Å². The lowest BCUT2D eigenvalue weighted by molar-refractivity contribution is 0.316. The maximum atomic E-state index is 12.1. The van der Waals surface area contributed by atoms with Gasteiger partial charge in [0, 0.05) is 31.3 Å². The largest absolute Gasteiger partial charge is 0.497 e. The Balaban J connectivity index is 0.00000420. The molecule has 0 bridgehead atoms. The first-order valence-electron chi connectivity index (χ1n) is 9.67. The molecule has 10 heteroatoms. The molecule has 1 saturated carbocycles. The number of methoxy groups -OCH3 is 2. The molecule has 166 valence electrons. The summed E-state index contributed by atoms with van der Waals surface area (Å²) in [7, 11) is -0.0680. The molecule has 2 rings (SSSR count). The van der Waals surface area contributed by atoms with Crippen molar-refractivity contribution in [1.29, 1.82) is 0 Å². The van der Waals surface area contributed by atoms with Crippen molar-refractivity contribution in [3.63, 3.8) is 0 Å². The number of nitrogens with zero attached hydrogens (tertiary/aromatic N) is 1. The van der Waals surface area contributed by atoms with Crippen LogP contribution in [0.5, 0.6) is 11.5 Å². The van der Waals surface area contributed by atoms with E-state index in [-0.39, 0.29) is 36.3 Å². The standard InChI is InChI=1S/C19H32N4O4S.HI/c1-4-20-19(21-10-11-28(24,25)23-13-15-6-5-7-15)22-14-16-8-9-17(26-2)12-18(16)27-3;/h8-9,12,15,23H,4-7,10-11,13-14H2,1-3H3,(H2,20,21,22);1H. The van der Waals surface area contributed by atoms with Crippen molar-refractivity contribution >= 4 is 40.0 Å². The molecular weight excluding hydrogens is 507 g/mol. The molecule has 3 N–H and O–H groups in total. The van der Waals surface area contributed by atoms with Crippen LogP contribution in [0.25, 0.3) is 0 Å². The number of hydrogen-bond acceptors (Lipinski definition) is 5. The summed E-state index contributed by atoms with van der Waals surface area (Å²) in [6.45, 7) is 3.87. The van der Waals surface area contributed by atoms with E-state index in [1.54, 1.807) is 14.2 Å². The summed E-state index contributed by atoms with van der Waals surface area (Å²) in [4.78, 5) is 4.52. The van der Waals surface area contributed by atoms with Crippen LogP contribution in [0.1, 0.15) is 31.7 Å². The van der Waals surface area contributed by atoms with Crippen LogP contribution in [-0.4, -0.2) is 54.0 Å². The van der Waals surface area contributed by atoms with Gasteiger partial charge in [0.05, 0.1) is 26.5 Å². The zero-order valence-corrected chi connectivity index (χ0v) is 20.5. The van der Waals surface area contributed by atoms with Crippen LogP contribution < -0.4 is 24.8 Å². The van der Waals surface area contributed by atoms with E-state index in [9.17, 15) is 8.42 Å². The highest BCUT2D eigenvalue weighted by Crippen LogP contribution is 2.25. The van der Waals surface area contributed by atoms with Gasteiger partial charge in [-0.15, -0.1) is 24.0 Å². The zero-order chi connectivity index (χ0) is 20.4. The highest BCUT2D eigenvalue weighted by molar-refractivity contribution is 14.0. The monoisotopic (exact) mass is 540 g/mol. The smallest absolute Gasteiger partial charge is 0.213 e. The van der Waals surface area contributed by atoms with Crippen molar-refractivity contribution in [3.8, 4) is 11.5 Å². The Morgan fingerprint density at radius 3 is 2.55 bits per heavy atom.